The molecule has 8 nitrogen and oxygen atoms in total. The number of carbonyl (C=O) groups is 1. The minimum atomic E-state index is -0.599. The molecule has 1 aromatic heterocycles. The van der Waals surface area contributed by atoms with Crippen LogP contribution in [0.1, 0.15) is 21.7 Å². The fourth-order valence-electron chi connectivity index (χ4n) is 2.18. The lowest BCUT2D eigenvalue weighted by Gasteiger charge is -2.03. The number of rotatable bonds is 5. The number of hydrogen-bond acceptors (Lipinski definition) is 6. The van der Waals surface area contributed by atoms with Gasteiger partial charge in [-0.3, -0.25) is 10.1 Å². The van der Waals surface area contributed by atoms with Gasteiger partial charge in [0.25, 0.3) is 5.69 Å². The van der Waals surface area contributed by atoms with Crippen LogP contribution in [0.25, 0.3) is 5.69 Å². The Labute approximate surface area is 142 Å². The number of benzene rings is 2. The molecule has 0 N–H and O–H groups in total. The van der Waals surface area contributed by atoms with Crippen molar-refractivity contribution < 1.29 is 14.5 Å². The summed E-state index contributed by atoms with van der Waals surface area (Å²) in [4.78, 5) is 23.7. The molecule has 0 fully saturated rings. The molecule has 1 heterocycles. The van der Waals surface area contributed by atoms with Crippen LogP contribution in [-0.2, 0) is 11.3 Å². The largest absolute Gasteiger partial charge is 0.456 e. The molecule has 126 valence electrons. The second-order valence-electron chi connectivity index (χ2n) is 5.26. The van der Waals surface area contributed by atoms with Gasteiger partial charge in [0.15, 0.2) is 5.69 Å². The van der Waals surface area contributed by atoms with E-state index in [0.29, 0.717) is 11.3 Å². The van der Waals surface area contributed by atoms with Gasteiger partial charge in [-0.2, -0.15) is 9.90 Å². The van der Waals surface area contributed by atoms with Crippen LogP contribution in [0, 0.1) is 17.0 Å². The number of carbonyl (C=O) groups excluding carboxylic acids is 1. The first-order valence-corrected chi connectivity index (χ1v) is 7.44. The Morgan fingerprint density at radius 2 is 1.80 bits per heavy atom. The topological polar surface area (TPSA) is 100 Å². The number of hydrogen-bond donors (Lipinski definition) is 0. The van der Waals surface area contributed by atoms with Crippen LogP contribution >= 0.6 is 0 Å². The molecule has 3 aromatic rings. The molecular formula is C17H14N4O4. The van der Waals surface area contributed by atoms with Gasteiger partial charge in [0, 0.05) is 12.1 Å². The third kappa shape index (κ3) is 3.69. The second kappa shape index (κ2) is 6.91. The molecule has 0 aliphatic heterocycles. The molecule has 0 amide bonds. The summed E-state index contributed by atoms with van der Waals surface area (Å²) >= 11 is 0. The van der Waals surface area contributed by atoms with Gasteiger partial charge in [-0.15, -0.1) is 5.10 Å². The van der Waals surface area contributed by atoms with E-state index in [9.17, 15) is 14.9 Å². The standard InChI is InChI=1S/C17H14N4O4/c1-12-16(19-20(18-12)14-5-3-2-4-6-14)17(22)25-11-13-7-9-15(10-8-13)21(23)24/h2-10H,11H2,1H3. The first kappa shape index (κ1) is 16.3. The van der Waals surface area contributed by atoms with Gasteiger partial charge >= 0.3 is 5.97 Å². The molecule has 2 aromatic carbocycles. The van der Waals surface area contributed by atoms with E-state index >= 15 is 0 Å². The number of para-hydroxylation sites is 1. The highest BCUT2D eigenvalue weighted by molar-refractivity contribution is 5.88. The van der Waals surface area contributed by atoms with Crippen LogP contribution in [0.4, 0.5) is 5.69 Å². The number of nitrogens with zero attached hydrogens (tertiary/aromatic N) is 4. The summed E-state index contributed by atoms with van der Waals surface area (Å²) in [6.45, 7) is 1.67. The van der Waals surface area contributed by atoms with E-state index in [0.717, 1.165) is 5.69 Å². The highest BCUT2D eigenvalue weighted by Crippen LogP contribution is 2.14. The molecule has 0 saturated heterocycles. The van der Waals surface area contributed by atoms with Gasteiger partial charge in [0.05, 0.1) is 16.3 Å². The fourth-order valence-corrected chi connectivity index (χ4v) is 2.18. The first-order chi connectivity index (χ1) is 12.0. The van der Waals surface area contributed by atoms with Crippen LogP contribution in [-0.4, -0.2) is 25.9 Å². The molecule has 0 saturated carbocycles. The van der Waals surface area contributed by atoms with Gasteiger partial charge in [0.2, 0.25) is 0 Å². The number of aromatic nitrogens is 3. The summed E-state index contributed by atoms with van der Waals surface area (Å²) in [5.74, 6) is -0.599. The fraction of sp³-hybridized carbons (Fsp3) is 0.118. The van der Waals surface area contributed by atoms with E-state index in [1.165, 1.54) is 16.9 Å². The van der Waals surface area contributed by atoms with Crippen molar-refractivity contribution in [2.45, 2.75) is 13.5 Å². The normalized spacial score (nSPS) is 10.4. The highest BCUT2D eigenvalue weighted by Gasteiger charge is 2.18. The molecule has 25 heavy (non-hydrogen) atoms. The summed E-state index contributed by atoms with van der Waals surface area (Å²) in [7, 11) is 0. The molecule has 0 spiro atoms. The van der Waals surface area contributed by atoms with Crippen LogP contribution < -0.4 is 0 Å². The lowest BCUT2D eigenvalue weighted by molar-refractivity contribution is -0.384. The van der Waals surface area contributed by atoms with Crippen molar-refractivity contribution in [3.8, 4) is 5.69 Å². The van der Waals surface area contributed by atoms with Crippen LogP contribution in [0.3, 0.4) is 0 Å². The van der Waals surface area contributed by atoms with E-state index < -0.39 is 10.9 Å². The Hall–Kier alpha value is -3.55. The molecule has 0 aliphatic carbocycles. The monoisotopic (exact) mass is 338 g/mol. The zero-order valence-electron chi connectivity index (χ0n) is 13.3. The van der Waals surface area contributed by atoms with Crippen molar-refractivity contribution >= 4 is 11.7 Å². The van der Waals surface area contributed by atoms with E-state index in [-0.39, 0.29) is 18.0 Å². The van der Waals surface area contributed by atoms with Crippen molar-refractivity contribution in [3.05, 3.63) is 81.7 Å². The number of esters is 1. The Kier molecular flexibility index (Phi) is 4.51. The molecule has 8 heteroatoms. The lowest BCUT2D eigenvalue weighted by Crippen LogP contribution is -2.08. The molecule has 0 atom stereocenters. The van der Waals surface area contributed by atoms with E-state index in [2.05, 4.69) is 10.2 Å². The number of nitro groups is 1. The summed E-state index contributed by atoms with van der Waals surface area (Å²) in [6, 6.07) is 15.0. The van der Waals surface area contributed by atoms with Crippen molar-refractivity contribution in [1.29, 1.82) is 0 Å². The molecule has 0 aliphatic rings. The van der Waals surface area contributed by atoms with E-state index in [1.807, 2.05) is 30.3 Å². The number of non-ortho nitro benzene ring substituents is 1. The average Bonchev–Trinajstić information content (AvgIpc) is 3.02. The first-order valence-electron chi connectivity index (χ1n) is 7.44. The average molecular weight is 338 g/mol. The maximum atomic E-state index is 12.2. The summed E-state index contributed by atoms with van der Waals surface area (Å²) in [6.07, 6.45) is 0. The molecular weight excluding hydrogens is 324 g/mol. The van der Waals surface area contributed by atoms with Gasteiger partial charge in [-0.1, -0.05) is 18.2 Å². The third-order valence-corrected chi connectivity index (χ3v) is 3.48. The van der Waals surface area contributed by atoms with Gasteiger partial charge in [0.1, 0.15) is 6.61 Å². The lowest BCUT2D eigenvalue weighted by atomic mass is 10.2. The molecule has 0 bridgehead atoms. The van der Waals surface area contributed by atoms with Crippen molar-refractivity contribution in [3.63, 3.8) is 0 Å². The van der Waals surface area contributed by atoms with Crippen LogP contribution in [0.2, 0.25) is 0 Å². The quantitative estimate of drug-likeness (QED) is 0.403. The van der Waals surface area contributed by atoms with Gasteiger partial charge in [-0.05, 0) is 36.8 Å². The predicted octanol–water partition coefficient (Wildman–Crippen LogP) is 2.84. The van der Waals surface area contributed by atoms with E-state index in [4.69, 9.17) is 4.74 Å². The minimum Gasteiger partial charge on any atom is -0.456 e. The van der Waals surface area contributed by atoms with Crippen molar-refractivity contribution in [1.82, 2.24) is 15.0 Å². The zero-order valence-corrected chi connectivity index (χ0v) is 13.3. The number of aryl methyl sites for hydroxylation is 1. The summed E-state index contributed by atoms with van der Waals surface area (Å²) in [5, 5.41) is 19.0. The maximum Gasteiger partial charge on any atom is 0.361 e. The molecule has 0 radical (unpaired) electrons. The number of ether oxygens (including phenoxy) is 1. The minimum absolute atomic E-state index is 0.00549. The van der Waals surface area contributed by atoms with Crippen LogP contribution in [0.15, 0.2) is 54.6 Å². The second-order valence-corrected chi connectivity index (χ2v) is 5.26. The maximum absolute atomic E-state index is 12.2. The highest BCUT2D eigenvalue weighted by atomic mass is 16.6. The van der Waals surface area contributed by atoms with Gasteiger partial charge in [-0.25, -0.2) is 4.79 Å². The smallest absolute Gasteiger partial charge is 0.361 e. The Bertz CT molecular complexity index is 904. The Morgan fingerprint density at radius 1 is 1.12 bits per heavy atom. The summed E-state index contributed by atoms with van der Waals surface area (Å²) < 4.78 is 5.22. The van der Waals surface area contributed by atoms with Crippen molar-refractivity contribution in [2.24, 2.45) is 0 Å². The molecule has 3 rings (SSSR count). The predicted molar refractivity (Wildman–Crippen MR) is 88.3 cm³/mol. The third-order valence-electron chi connectivity index (χ3n) is 3.48. The molecule has 0 unspecified atom stereocenters. The Morgan fingerprint density at radius 3 is 2.44 bits per heavy atom. The van der Waals surface area contributed by atoms with Gasteiger partial charge < -0.3 is 4.74 Å². The van der Waals surface area contributed by atoms with Crippen LogP contribution in [0.5, 0.6) is 0 Å². The Balaban J connectivity index is 1.69. The SMILES string of the molecule is Cc1nn(-c2ccccc2)nc1C(=O)OCc1ccc([N+](=O)[O-])cc1. The van der Waals surface area contributed by atoms with Crippen molar-refractivity contribution in [2.75, 3.05) is 0 Å². The number of nitro benzene ring substituents is 1. The summed E-state index contributed by atoms with van der Waals surface area (Å²) in [5.41, 5.74) is 1.95. The zero-order chi connectivity index (χ0) is 17.8. The van der Waals surface area contributed by atoms with E-state index in [1.54, 1.807) is 19.1 Å².